The van der Waals surface area contributed by atoms with Gasteiger partial charge in [0.1, 0.15) is 17.3 Å². The maximum atomic E-state index is 12.2. The van der Waals surface area contributed by atoms with E-state index in [9.17, 15) is 9.59 Å². The fraction of sp³-hybridized carbons (Fsp3) is 0.0833. The Morgan fingerprint density at radius 2 is 1.70 bits per heavy atom. The van der Waals surface area contributed by atoms with Gasteiger partial charge in [-0.05, 0) is 55.5 Å². The molecule has 1 aromatic heterocycles. The second kappa shape index (κ2) is 8.55. The van der Waals surface area contributed by atoms with E-state index in [0.29, 0.717) is 35.0 Å². The molecule has 0 N–H and O–H groups in total. The fourth-order valence-electron chi connectivity index (χ4n) is 2.97. The Morgan fingerprint density at radius 1 is 1.00 bits per heavy atom. The minimum absolute atomic E-state index is 0.331. The normalized spacial score (nSPS) is 14.5. The lowest BCUT2D eigenvalue weighted by Crippen LogP contribution is -2.03. The number of esters is 2. The molecule has 30 heavy (non-hydrogen) atoms. The van der Waals surface area contributed by atoms with Crippen LogP contribution in [-0.4, -0.2) is 18.5 Å². The van der Waals surface area contributed by atoms with Gasteiger partial charge in [0.25, 0.3) is 0 Å². The van der Waals surface area contributed by atoms with Gasteiger partial charge in [0, 0.05) is 15.6 Å². The van der Waals surface area contributed by atoms with Crippen LogP contribution in [0.5, 0.6) is 0 Å². The van der Waals surface area contributed by atoms with Crippen LogP contribution in [0.25, 0.3) is 23.2 Å². The first kappa shape index (κ1) is 19.9. The lowest BCUT2D eigenvalue weighted by atomic mass is 10.1. The van der Waals surface area contributed by atoms with Crippen LogP contribution in [0, 0.1) is 0 Å². The zero-order chi connectivity index (χ0) is 21.1. The van der Waals surface area contributed by atoms with Crippen LogP contribution in [0.1, 0.15) is 28.6 Å². The molecule has 0 aliphatic carbocycles. The lowest BCUT2D eigenvalue weighted by Gasteiger charge is -2.02. The topological polar surface area (TPSA) is 65.7 Å². The highest BCUT2D eigenvalue weighted by Crippen LogP contribution is 2.30. The van der Waals surface area contributed by atoms with Gasteiger partial charge in [-0.3, -0.25) is 0 Å². The number of benzene rings is 2. The van der Waals surface area contributed by atoms with Crippen molar-refractivity contribution in [3.8, 4) is 11.3 Å². The zero-order valence-electron chi connectivity index (χ0n) is 16.1. The summed E-state index contributed by atoms with van der Waals surface area (Å²) in [5, 5.41) is 0. The van der Waals surface area contributed by atoms with Crippen molar-refractivity contribution >= 4 is 39.7 Å². The van der Waals surface area contributed by atoms with E-state index in [2.05, 4.69) is 15.9 Å². The number of carbonyl (C=O) groups excluding carboxylic acids is 2. The molecule has 0 atom stereocenters. The Labute approximate surface area is 181 Å². The Morgan fingerprint density at radius 3 is 2.40 bits per heavy atom. The predicted octanol–water partition coefficient (Wildman–Crippen LogP) is 5.87. The van der Waals surface area contributed by atoms with Crippen molar-refractivity contribution in [2.75, 3.05) is 6.61 Å². The molecule has 0 saturated carbocycles. The molecule has 0 amide bonds. The van der Waals surface area contributed by atoms with Gasteiger partial charge < -0.3 is 13.9 Å². The summed E-state index contributed by atoms with van der Waals surface area (Å²) in [5.74, 6) is 0.868. The molecule has 0 spiro atoms. The molecule has 1 aliphatic heterocycles. The summed E-state index contributed by atoms with van der Waals surface area (Å²) in [6.45, 7) is 2.10. The Balaban J connectivity index is 1.54. The van der Waals surface area contributed by atoms with E-state index in [1.54, 1.807) is 49.4 Å². The zero-order valence-corrected chi connectivity index (χ0v) is 17.6. The first-order valence-corrected chi connectivity index (χ1v) is 10.1. The van der Waals surface area contributed by atoms with Crippen LogP contribution in [-0.2, 0) is 14.3 Å². The molecule has 0 bridgehead atoms. The molecule has 4 rings (SSSR count). The number of hydrogen-bond donors (Lipinski definition) is 0. The molecular weight excluding hydrogens is 448 g/mol. The van der Waals surface area contributed by atoms with Crippen molar-refractivity contribution in [3.05, 3.63) is 93.7 Å². The number of furan rings is 1. The van der Waals surface area contributed by atoms with E-state index < -0.39 is 5.97 Å². The van der Waals surface area contributed by atoms with Crippen LogP contribution in [0.4, 0.5) is 0 Å². The largest absolute Gasteiger partial charge is 0.462 e. The van der Waals surface area contributed by atoms with Crippen LogP contribution < -0.4 is 0 Å². The molecule has 6 heteroatoms. The predicted molar refractivity (Wildman–Crippen MR) is 116 cm³/mol. The van der Waals surface area contributed by atoms with Gasteiger partial charge in [-0.25, -0.2) is 9.59 Å². The molecule has 3 aromatic rings. The number of ether oxygens (including phenoxy) is 2. The van der Waals surface area contributed by atoms with Gasteiger partial charge >= 0.3 is 11.9 Å². The van der Waals surface area contributed by atoms with E-state index in [0.717, 1.165) is 15.6 Å². The van der Waals surface area contributed by atoms with Crippen LogP contribution in [0.3, 0.4) is 0 Å². The number of cyclic esters (lactones) is 1. The summed E-state index contributed by atoms with van der Waals surface area (Å²) in [6, 6.07) is 18.1. The van der Waals surface area contributed by atoms with E-state index in [4.69, 9.17) is 13.9 Å². The summed E-state index contributed by atoms with van der Waals surface area (Å²) < 4.78 is 17.2. The maximum absolute atomic E-state index is 12.2. The molecule has 5 nitrogen and oxygen atoms in total. The third-order valence-electron chi connectivity index (χ3n) is 4.46. The van der Waals surface area contributed by atoms with Crippen LogP contribution >= 0.6 is 15.9 Å². The van der Waals surface area contributed by atoms with E-state index in [-0.39, 0.29) is 5.97 Å². The van der Waals surface area contributed by atoms with Crippen molar-refractivity contribution in [2.24, 2.45) is 0 Å². The molecule has 0 saturated heterocycles. The molecule has 1 aliphatic rings. The first-order valence-electron chi connectivity index (χ1n) is 9.32. The third kappa shape index (κ3) is 4.28. The quantitative estimate of drug-likeness (QED) is 0.349. The minimum Gasteiger partial charge on any atom is -0.462 e. The summed E-state index contributed by atoms with van der Waals surface area (Å²) in [4.78, 5) is 24.0. The second-order valence-corrected chi connectivity index (χ2v) is 7.42. The van der Waals surface area contributed by atoms with Crippen molar-refractivity contribution < 1.29 is 23.5 Å². The Kier molecular flexibility index (Phi) is 5.68. The first-order chi connectivity index (χ1) is 14.5. The summed E-state index contributed by atoms with van der Waals surface area (Å²) in [6.07, 6.45) is 3.34. The Bertz CT molecular complexity index is 1150. The lowest BCUT2D eigenvalue weighted by molar-refractivity contribution is -0.130. The van der Waals surface area contributed by atoms with Gasteiger partial charge in [-0.2, -0.15) is 0 Å². The van der Waals surface area contributed by atoms with Crippen LogP contribution in [0.2, 0.25) is 0 Å². The standard InChI is InChI=1S/C24H17BrO5/c1-2-28-23(26)17-5-3-15(4-6-17)21-12-11-20(29-21)13-18-14-22(30-24(18)27)16-7-9-19(25)10-8-16/h3-14H,2H2,1H3/b18-13+. The summed E-state index contributed by atoms with van der Waals surface area (Å²) in [7, 11) is 0. The number of hydrogen-bond acceptors (Lipinski definition) is 5. The van der Waals surface area contributed by atoms with Gasteiger partial charge in [0.2, 0.25) is 0 Å². The smallest absolute Gasteiger partial charge is 0.343 e. The average molecular weight is 465 g/mol. The fourth-order valence-corrected chi connectivity index (χ4v) is 3.23. The van der Waals surface area contributed by atoms with E-state index in [1.807, 2.05) is 30.3 Å². The molecule has 0 unspecified atom stereocenters. The highest BCUT2D eigenvalue weighted by molar-refractivity contribution is 9.10. The number of rotatable bonds is 5. The minimum atomic E-state index is -0.426. The highest BCUT2D eigenvalue weighted by Gasteiger charge is 2.22. The van der Waals surface area contributed by atoms with Crippen molar-refractivity contribution in [3.63, 3.8) is 0 Å². The maximum Gasteiger partial charge on any atom is 0.343 e. The molecule has 2 heterocycles. The van der Waals surface area contributed by atoms with Crippen molar-refractivity contribution in [1.82, 2.24) is 0 Å². The number of halogens is 1. The van der Waals surface area contributed by atoms with Crippen molar-refractivity contribution in [2.45, 2.75) is 6.92 Å². The second-order valence-electron chi connectivity index (χ2n) is 6.50. The van der Waals surface area contributed by atoms with Crippen molar-refractivity contribution in [1.29, 1.82) is 0 Å². The number of carbonyl (C=O) groups is 2. The molecule has 0 radical (unpaired) electrons. The Hall–Kier alpha value is -3.38. The van der Waals surface area contributed by atoms with Crippen LogP contribution in [0.15, 0.2) is 81.2 Å². The molecule has 0 fully saturated rings. The molecule has 150 valence electrons. The monoisotopic (exact) mass is 464 g/mol. The van der Waals surface area contributed by atoms with Gasteiger partial charge in [0.15, 0.2) is 0 Å². The molecule has 2 aromatic carbocycles. The third-order valence-corrected chi connectivity index (χ3v) is 4.99. The molecular formula is C24H17BrO5. The summed E-state index contributed by atoms with van der Waals surface area (Å²) in [5.41, 5.74) is 2.52. The van der Waals surface area contributed by atoms with E-state index in [1.165, 1.54) is 0 Å². The van der Waals surface area contributed by atoms with Gasteiger partial charge in [-0.1, -0.05) is 40.2 Å². The highest BCUT2D eigenvalue weighted by atomic mass is 79.9. The SMILES string of the molecule is CCOC(=O)c1ccc(-c2ccc(/C=C3\C=C(c4ccc(Br)cc4)OC3=O)o2)cc1. The summed E-state index contributed by atoms with van der Waals surface area (Å²) >= 11 is 3.39. The van der Waals surface area contributed by atoms with Gasteiger partial charge in [0.05, 0.1) is 17.7 Å². The van der Waals surface area contributed by atoms with E-state index >= 15 is 0 Å². The average Bonchev–Trinajstić information content (AvgIpc) is 3.36. The van der Waals surface area contributed by atoms with Gasteiger partial charge in [-0.15, -0.1) is 0 Å².